The van der Waals surface area contributed by atoms with E-state index in [4.69, 9.17) is 4.74 Å². The van der Waals surface area contributed by atoms with Gasteiger partial charge in [-0.1, -0.05) is 30.3 Å². The summed E-state index contributed by atoms with van der Waals surface area (Å²) in [6, 6.07) is 9.40. The van der Waals surface area contributed by atoms with Gasteiger partial charge in [-0.3, -0.25) is 10.1 Å². The van der Waals surface area contributed by atoms with E-state index in [-0.39, 0.29) is 6.61 Å². The molecule has 6 nitrogen and oxygen atoms in total. The van der Waals surface area contributed by atoms with Gasteiger partial charge in [0.25, 0.3) is 5.56 Å². The van der Waals surface area contributed by atoms with Crippen molar-refractivity contribution in [3.05, 3.63) is 58.1 Å². The number of amides is 1. The smallest absolute Gasteiger partial charge is 0.444 e. The van der Waals surface area contributed by atoms with Gasteiger partial charge in [-0.25, -0.2) is 9.78 Å². The van der Waals surface area contributed by atoms with Crippen LogP contribution in [0.5, 0.6) is 0 Å². The number of carbonyl (C=O) groups is 1. The van der Waals surface area contributed by atoms with Crippen molar-refractivity contribution < 1.29 is 22.7 Å². The molecule has 0 aliphatic heterocycles. The predicted octanol–water partition coefficient (Wildman–Crippen LogP) is 2.54. The summed E-state index contributed by atoms with van der Waals surface area (Å²) < 4.78 is 42.2. The number of aromatic nitrogens is 2. The molecule has 22 heavy (non-hydrogen) atoms. The van der Waals surface area contributed by atoms with Crippen molar-refractivity contribution in [3.8, 4) is 0 Å². The molecule has 1 aromatic carbocycles. The molecule has 2 N–H and O–H groups in total. The Balaban J connectivity index is 2.02. The summed E-state index contributed by atoms with van der Waals surface area (Å²) >= 11 is 0. The summed E-state index contributed by atoms with van der Waals surface area (Å²) in [5, 5.41) is 1.97. The fourth-order valence-corrected chi connectivity index (χ4v) is 1.52. The zero-order valence-electron chi connectivity index (χ0n) is 11.0. The Hall–Kier alpha value is -2.84. The summed E-state index contributed by atoms with van der Waals surface area (Å²) in [5.74, 6) is -2.05. The number of hydrogen-bond acceptors (Lipinski definition) is 4. The van der Waals surface area contributed by atoms with Crippen LogP contribution in [0.2, 0.25) is 0 Å². The normalized spacial score (nSPS) is 11.0. The van der Waals surface area contributed by atoms with Crippen LogP contribution >= 0.6 is 0 Å². The lowest BCUT2D eigenvalue weighted by molar-refractivity contribution is -0.145. The molecule has 9 heteroatoms. The molecular weight excluding hydrogens is 303 g/mol. The number of hydrogen-bond donors (Lipinski definition) is 2. The van der Waals surface area contributed by atoms with E-state index in [0.29, 0.717) is 5.56 Å². The van der Waals surface area contributed by atoms with E-state index >= 15 is 0 Å². The molecule has 0 atom stereocenters. The molecular formula is C13H10F3N3O3. The fourth-order valence-electron chi connectivity index (χ4n) is 1.52. The Labute approximate surface area is 122 Å². The average molecular weight is 313 g/mol. The fraction of sp³-hybridized carbons (Fsp3) is 0.154. The number of rotatable bonds is 3. The molecule has 1 aromatic heterocycles. The van der Waals surface area contributed by atoms with Gasteiger partial charge < -0.3 is 9.72 Å². The zero-order chi connectivity index (χ0) is 16.2. The number of ether oxygens (including phenoxy) is 1. The first-order valence-electron chi connectivity index (χ1n) is 6.01. The average Bonchev–Trinajstić information content (AvgIpc) is 2.45. The standard InChI is InChI=1S/C13H10F3N3O3/c14-13(15,16)11-17-9(6-10(20)19-11)18-12(21)22-7-8-4-2-1-3-5-8/h1-6H,7H2,(H2,17,18,19,20,21). The predicted molar refractivity (Wildman–Crippen MR) is 70.1 cm³/mol. The Kier molecular flexibility index (Phi) is 4.44. The number of H-pyrrole nitrogens is 1. The molecule has 116 valence electrons. The van der Waals surface area contributed by atoms with E-state index in [9.17, 15) is 22.8 Å². The van der Waals surface area contributed by atoms with Crippen LogP contribution in [0, 0.1) is 0 Å². The van der Waals surface area contributed by atoms with Gasteiger partial charge in [-0.05, 0) is 5.56 Å². The largest absolute Gasteiger partial charge is 0.449 e. The van der Waals surface area contributed by atoms with Crippen LogP contribution < -0.4 is 10.9 Å². The number of aromatic amines is 1. The molecule has 2 aromatic rings. The highest BCUT2D eigenvalue weighted by Crippen LogP contribution is 2.25. The highest BCUT2D eigenvalue weighted by Gasteiger charge is 2.34. The third-order valence-electron chi connectivity index (χ3n) is 2.45. The highest BCUT2D eigenvalue weighted by molar-refractivity contribution is 5.83. The maximum Gasteiger partial charge on any atom is 0.449 e. The van der Waals surface area contributed by atoms with Gasteiger partial charge in [-0.15, -0.1) is 0 Å². The van der Waals surface area contributed by atoms with Crippen LogP contribution in [0.1, 0.15) is 11.4 Å². The number of alkyl halides is 3. The quantitative estimate of drug-likeness (QED) is 0.912. The SMILES string of the molecule is O=C(Nc1cc(=O)[nH]c(C(F)(F)F)n1)OCc1ccccc1. The minimum Gasteiger partial charge on any atom is -0.444 e. The lowest BCUT2D eigenvalue weighted by Gasteiger charge is -2.09. The lowest BCUT2D eigenvalue weighted by atomic mass is 10.2. The summed E-state index contributed by atoms with van der Waals surface area (Å²) in [5.41, 5.74) is -0.340. The number of nitrogens with zero attached hydrogens (tertiary/aromatic N) is 1. The first kappa shape index (κ1) is 15.5. The van der Waals surface area contributed by atoms with Crippen molar-refractivity contribution >= 4 is 11.9 Å². The Morgan fingerprint density at radius 2 is 1.95 bits per heavy atom. The van der Waals surface area contributed by atoms with Crippen LogP contribution in [-0.4, -0.2) is 16.1 Å². The number of benzene rings is 1. The van der Waals surface area contributed by atoms with Crippen molar-refractivity contribution in [2.45, 2.75) is 12.8 Å². The minimum atomic E-state index is -4.83. The molecule has 1 amide bonds. The Morgan fingerprint density at radius 1 is 1.27 bits per heavy atom. The molecule has 0 spiro atoms. The van der Waals surface area contributed by atoms with E-state index in [1.165, 1.54) is 4.98 Å². The zero-order valence-corrected chi connectivity index (χ0v) is 11.0. The third kappa shape index (κ3) is 4.33. The Bertz CT molecular complexity index is 714. The van der Waals surface area contributed by atoms with Crippen LogP contribution in [0.4, 0.5) is 23.8 Å². The molecule has 0 fully saturated rings. The van der Waals surface area contributed by atoms with Gasteiger partial charge in [0.2, 0.25) is 5.82 Å². The number of carbonyl (C=O) groups excluding carboxylic acids is 1. The monoisotopic (exact) mass is 313 g/mol. The van der Waals surface area contributed by atoms with Gasteiger partial charge in [0.1, 0.15) is 12.4 Å². The van der Waals surface area contributed by atoms with Crippen molar-refractivity contribution in [1.82, 2.24) is 9.97 Å². The van der Waals surface area contributed by atoms with E-state index in [1.807, 2.05) is 5.32 Å². The molecule has 0 aliphatic rings. The van der Waals surface area contributed by atoms with Crippen molar-refractivity contribution in [2.75, 3.05) is 5.32 Å². The van der Waals surface area contributed by atoms with E-state index in [2.05, 4.69) is 4.98 Å². The summed E-state index contributed by atoms with van der Waals surface area (Å²) in [7, 11) is 0. The second-order valence-corrected chi connectivity index (χ2v) is 4.16. The summed E-state index contributed by atoms with van der Waals surface area (Å²) in [6.45, 7) is -0.0675. The topological polar surface area (TPSA) is 84.1 Å². The molecule has 1 heterocycles. The lowest BCUT2D eigenvalue weighted by Crippen LogP contribution is -2.22. The molecule has 0 saturated carbocycles. The van der Waals surface area contributed by atoms with Crippen LogP contribution in [0.15, 0.2) is 41.2 Å². The molecule has 0 bridgehead atoms. The van der Waals surface area contributed by atoms with Gasteiger partial charge in [0, 0.05) is 6.07 Å². The second kappa shape index (κ2) is 6.29. The van der Waals surface area contributed by atoms with Crippen LogP contribution in [0.3, 0.4) is 0 Å². The third-order valence-corrected chi connectivity index (χ3v) is 2.45. The van der Waals surface area contributed by atoms with Crippen LogP contribution in [-0.2, 0) is 17.5 Å². The second-order valence-electron chi connectivity index (χ2n) is 4.16. The summed E-state index contributed by atoms with van der Waals surface area (Å²) in [4.78, 5) is 27.3. The van der Waals surface area contributed by atoms with E-state index in [1.54, 1.807) is 30.3 Å². The van der Waals surface area contributed by atoms with Crippen molar-refractivity contribution in [2.24, 2.45) is 0 Å². The maximum absolute atomic E-state index is 12.5. The van der Waals surface area contributed by atoms with Crippen molar-refractivity contribution in [3.63, 3.8) is 0 Å². The first-order chi connectivity index (χ1) is 10.3. The number of anilines is 1. The first-order valence-corrected chi connectivity index (χ1v) is 6.01. The van der Waals surface area contributed by atoms with E-state index < -0.39 is 29.5 Å². The van der Waals surface area contributed by atoms with Gasteiger partial charge >= 0.3 is 12.3 Å². The van der Waals surface area contributed by atoms with Gasteiger partial charge in [0.15, 0.2) is 0 Å². The minimum absolute atomic E-state index is 0.0675. The Morgan fingerprint density at radius 3 is 2.59 bits per heavy atom. The number of nitrogens with one attached hydrogen (secondary N) is 2. The molecule has 2 rings (SSSR count). The molecule has 0 unspecified atom stereocenters. The van der Waals surface area contributed by atoms with Crippen LogP contribution in [0.25, 0.3) is 0 Å². The highest BCUT2D eigenvalue weighted by atomic mass is 19.4. The molecule has 0 saturated heterocycles. The van der Waals surface area contributed by atoms with E-state index in [0.717, 1.165) is 6.07 Å². The number of halogens is 3. The molecule has 0 radical (unpaired) electrons. The van der Waals surface area contributed by atoms with Gasteiger partial charge in [-0.2, -0.15) is 13.2 Å². The van der Waals surface area contributed by atoms with Gasteiger partial charge in [0.05, 0.1) is 0 Å². The maximum atomic E-state index is 12.5. The summed E-state index contributed by atoms with van der Waals surface area (Å²) in [6.07, 6.45) is -5.85. The molecule has 0 aliphatic carbocycles. The van der Waals surface area contributed by atoms with Crippen molar-refractivity contribution in [1.29, 1.82) is 0 Å².